The molecule has 0 aliphatic heterocycles. The number of hydrogen-bond acceptors (Lipinski definition) is 6. The molecule has 110 valence electrons. The van der Waals surface area contributed by atoms with Crippen LogP contribution < -0.4 is 0 Å². The Hall–Kier alpha value is -1.40. The van der Waals surface area contributed by atoms with Gasteiger partial charge in [-0.2, -0.15) is 0 Å². The quantitative estimate of drug-likeness (QED) is 0.398. The Balaban J connectivity index is 4.49. The average Bonchev–Trinajstić information content (AvgIpc) is 2.38. The second kappa shape index (κ2) is 8.66. The van der Waals surface area contributed by atoms with Crippen molar-refractivity contribution in [3.63, 3.8) is 0 Å². The molecule has 0 radical (unpaired) electrons. The van der Waals surface area contributed by atoms with E-state index in [9.17, 15) is 14.7 Å². The van der Waals surface area contributed by atoms with Crippen molar-refractivity contribution < 1.29 is 24.2 Å². The molecule has 0 aromatic rings. The maximum absolute atomic E-state index is 11.7. The Morgan fingerprint density at radius 2 is 1.79 bits per heavy atom. The molecule has 0 amide bonds. The predicted molar refractivity (Wildman–Crippen MR) is 70.3 cm³/mol. The molecule has 2 atom stereocenters. The molecule has 0 spiro atoms. The van der Waals surface area contributed by atoms with Crippen molar-refractivity contribution in [1.29, 1.82) is 0 Å². The lowest BCUT2D eigenvalue weighted by atomic mass is 10.2. The van der Waals surface area contributed by atoms with Gasteiger partial charge >= 0.3 is 11.9 Å². The highest BCUT2D eigenvalue weighted by molar-refractivity contribution is 5.96. The number of carbonyl (C=O) groups excluding carboxylic acids is 2. The van der Waals surface area contributed by atoms with Crippen LogP contribution >= 0.6 is 0 Å². The molecular weight excluding hydrogens is 250 g/mol. The van der Waals surface area contributed by atoms with Crippen LogP contribution in [0, 0.1) is 0 Å². The lowest BCUT2D eigenvalue weighted by molar-refractivity contribution is -0.159. The number of rotatable bonds is 8. The van der Waals surface area contributed by atoms with Gasteiger partial charge < -0.3 is 14.6 Å². The molecule has 0 fully saturated rings. The summed E-state index contributed by atoms with van der Waals surface area (Å²) in [7, 11) is 0. The van der Waals surface area contributed by atoms with Gasteiger partial charge in [-0.15, -0.1) is 0 Å². The van der Waals surface area contributed by atoms with Crippen LogP contribution in [-0.4, -0.2) is 54.0 Å². The summed E-state index contributed by atoms with van der Waals surface area (Å²) in [4.78, 5) is 24.9. The van der Waals surface area contributed by atoms with Crippen LogP contribution in [-0.2, 0) is 19.1 Å². The number of carbonyl (C=O) groups is 2. The van der Waals surface area contributed by atoms with Crippen LogP contribution in [0.4, 0.5) is 0 Å². The summed E-state index contributed by atoms with van der Waals surface area (Å²) in [5, 5.41) is 9.57. The van der Waals surface area contributed by atoms with E-state index >= 15 is 0 Å². The van der Waals surface area contributed by atoms with E-state index in [1.54, 1.807) is 13.8 Å². The molecular formula is C13H23NO5. The highest BCUT2D eigenvalue weighted by Gasteiger charge is 2.27. The van der Waals surface area contributed by atoms with Gasteiger partial charge in [0.15, 0.2) is 12.3 Å². The number of aliphatic hydroxyl groups is 1. The van der Waals surface area contributed by atoms with Crippen molar-refractivity contribution >= 4 is 11.9 Å². The van der Waals surface area contributed by atoms with E-state index in [0.29, 0.717) is 0 Å². The molecule has 1 N–H and O–H groups in total. The molecule has 19 heavy (non-hydrogen) atoms. The molecule has 6 nitrogen and oxygen atoms in total. The van der Waals surface area contributed by atoms with Gasteiger partial charge in [-0.1, -0.05) is 20.4 Å². The van der Waals surface area contributed by atoms with Crippen LogP contribution in [0.25, 0.3) is 0 Å². The monoisotopic (exact) mass is 273 g/mol. The van der Waals surface area contributed by atoms with E-state index in [2.05, 4.69) is 11.3 Å². The first-order valence-corrected chi connectivity index (χ1v) is 6.37. The number of esters is 2. The average molecular weight is 273 g/mol. The SMILES string of the molecule is C=C(C(=O)OC(C)N(CC)CC)C(O)C(=O)OCC. The number of hydrogen-bond donors (Lipinski definition) is 1. The van der Waals surface area contributed by atoms with Crippen molar-refractivity contribution in [2.45, 2.75) is 40.0 Å². The fourth-order valence-electron chi connectivity index (χ4n) is 1.52. The molecule has 0 saturated heterocycles. The molecule has 0 aromatic heterocycles. The van der Waals surface area contributed by atoms with E-state index in [4.69, 9.17) is 4.74 Å². The fraction of sp³-hybridized carbons (Fsp3) is 0.692. The van der Waals surface area contributed by atoms with Gasteiger partial charge in [0.25, 0.3) is 0 Å². The van der Waals surface area contributed by atoms with Gasteiger partial charge in [-0.3, -0.25) is 4.90 Å². The zero-order chi connectivity index (χ0) is 15.0. The fourth-order valence-corrected chi connectivity index (χ4v) is 1.52. The van der Waals surface area contributed by atoms with Crippen molar-refractivity contribution in [2.24, 2.45) is 0 Å². The third kappa shape index (κ3) is 5.40. The maximum atomic E-state index is 11.7. The Kier molecular flexibility index (Phi) is 8.02. The van der Waals surface area contributed by atoms with E-state index in [1.807, 2.05) is 18.7 Å². The highest BCUT2D eigenvalue weighted by Crippen LogP contribution is 2.09. The molecule has 0 bridgehead atoms. The Labute approximate surface area is 114 Å². The first-order valence-electron chi connectivity index (χ1n) is 6.37. The first kappa shape index (κ1) is 17.6. The minimum atomic E-state index is -1.68. The van der Waals surface area contributed by atoms with E-state index in [1.165, 1.54) is 0 Å². The van der Waals surface area contributed by atoms with Crippen LogP contribution in [0.1, 0.15) is 27.7 Å². The number of ether oxygens (including phenoxy) is 2. The normalized spacial score (nSPS) is 13.8. The summed E-state index contributed by atoms with van der Waals surface area (Å²) >= 11 is 0. The number of nitrogens with zero attached hydrogens (tertiary/aromatic N) is 1. The Bertz CT molecular complexity index is 325. The lowest BCUT2D eigenvalue weighted by Crippen LogP contribution is -2.38. The smallest absolute Gasteiger partial charge is 0.339 e. The second-order valence-corrected chi connectivity index (χ2v) is 3.91. The first-order chi connectivity index (χ1) is 8.88. The van der Waals surface area contributed by atoms with Gasteiger partial charge in [0.2, 0.25) is 0 Å². The minimum absolute atomic E-state index is 0.119. The molecule has 0 aromatic carbocycles. The summed E-state index contributed by atoms with van der Waals surface area (Å²) in [5.74, 6) is -1.71. The van der Waals surface area contributed by atoms with Gasteiger partial charge in [-0.25, -0.2) is 9.59 Å². The molecule has 0 heterocycles. The zero-order valence-corrected chi connectivity index (χ0v) is 12.0. The van der Waals surface area contributed by atoms with Gasteiger partial charge in [0.05, 0.1) is 12.2 Å². The van der Waals surface area contributed by atoms with E-state index < -0.39 is 24.3 Å². The van der Waals surface area contributed by atoms with E-state index in [-0.39, 0.29) is 12.2 Å². The lowest BCUT2D eigenvalue weighted by Gasteiger charge is -2.26. The maximum Gasteiger partial charge on any atom is 0.339 e. The Morgan fingerprint density at radius 1 is 1.26 bits per heavy atom. The molecule has 0 aliphatic rings. The summed E-state index contributed by atoms with van der Waals surface area (Å²) in [6.45, 7) is 12.1. The third-order valence-corrected chi connectivity index (χ3v) is 2.71. The topological polar surface area (TPSA) is 76.1 Å². The zero-order valence-electron chi connectivity index (χ0n) is 12.0. The standard InChI is InChI=1S/C13H23NO5/c1-6-14(7-2)10(5)19-12(16)9(4)11(15)13(17)18-8-3/h10-11,15H,4,6-8H2,1-3,5H3. The van der Waals surface area contributed by atoms with Crippen molar-refractivity contribution in [3.8, 4) is 0 Å². The van der Waals surface area contributed by atoms with Crippen LogP contribution in [0.2, 0.25) is 0 Å². The highest BCUT2D eigenvalue weighted by atomic mass is 16.6. The molecule has 0 rings (SSSR count). The third-order valence-electron chi connectivity index (χ3n) is 2.71. The summed E-state index contributed by atoms with van der Waals surface area (Å²) in [5.41, 5.74) is -0.322. The van der Waals surface area contributed by atoms with Crippen LogP contribution in [0.15, 0.2) is 12.2 Å². The van der Waals surface area contributed by atoms with Crippen LogP contribution in [0.3, 0.4) is 0 Å². The van der Waals surface area contributed by atoms with Gasteiger partial charge in [-0.05, 0) is 26.9 Å². The van der Waals surface area contributed by atoms with Crippen molar-refractivity contribution in [3.05, 3.63) is 12.2 Å². The molecule has 2 unspecified atom stereocenters. The van der Waals surface area contributed by atoms with Gasteiger partial charge in [0, 0.05) is 0 Å². The summed E-state index contributed by atoms with van der Waals surface area (Å²) in [6.07, 6.45) is -2.13. The minimum Gasteiger partial charge on any atom is -0.464 e. The van der Waals surface area contributed by atoms with Crippen LogP contribution in [0.5, 0.6) is 0 Å². The molecule has 0 saturated carbocycles. The number of aliphatic hydroxyl groups excluding tert-OH is 1. The summed E-state index contributed by atoms with van der Waals surface area (Å²) in [6, 6.07) is 0. The molecule has 6 heteroatoms. The van der Waals surface area contributed by atoms with Crippen molar-refractivity contribution in [1.82, 2.24) is 4.90 Å². The molecule has 0 aliphatic carbocycles. The predicted octanol–water partition coefficient (Wildman–Crippen LogP) is 0.698. The Morgan fingerprint density at radius 3 is 2.21 bits per heavy atom. The van der Waals surface area contributed by atoms with Gasteiger partial charge in [0.1, 0.15) is 0 Å². The summed E-state index contributed by atoms with van der Waals surface area (Å²) < 4.78 is 9.73. The van der Waals surface area contributed by atoms with E-state index in [0.717, 1.165) is 13.1 Å². The largest absolute Gasteiger partial charge is 0.464 e. The van der Waals surface area contributed by atoms with Crippen molar-refractivity contribution in [2.75, 3.05) is 19.7 Å². The second-order valence-electron chi connectivity index (χ2n) is 3.91.